The highest BCUT2D eigenvalue weighted by Crippen LogP contribution is 2.20. The molecule has 92 valence electrons. The summed E-state index contributed by atoms with van der Waals surface area (Å²) in [5.41, 5.74) is 2.53. The molecule has 0 aliphatic rings. The molecule has 19 heavy (non-hydrogen) atoms. The van der Waals surface area contributed by atoms with E-state index in [1.54, 1.807) is 23.1 Å². The summed E-state index contributed by atoms with van der Waals surface area (Å²) in [7, 11) is 1.82. The molecule has 5 nitrogen and oxygen atoms in total. The highest BCUT2D eigenvalue weighted by molar-refractivity contribution is 5.58. The van der Waals surface area contributed by atoms with E-state index in [1.165, 1.54) is 0 Å². The van der Waals surface area contributed by atoms with Crippen molar-refractivity contribution in [2.45, 2.75) is 6.92 Å². The lowest BCUT2D eigenvalue weighted by atomic mass is 10.2. The number of aromatic nitrogens is 2. The maximum atomic E-state index is 8.91. The van der Waals surface area contributed by atoms with E-state index in [0.717, 1.165) is 11.4 Å². The molecule has 0 fully saturated rings. The average Bonchev–Trinajstić information content (AvgIpc) is 2.46. The van der Waals surface area contributed by atoms with Crippen molar-refractivity contribution in [3.8, 4) is 12.1 Å². The van der Waals surface area contributed by atoms with Crippen LogP contribution in [-0.4, -0.2) is 17.0 Å². The van der Waals surface area contributed by atoms with Gasteiger partial charge in [-0.2, -0.15) is 10.5 Å². The van der Waals surface area contributed by atoms with Gasteiger partial charge in [0.2, 0.25) is 5.95 Å². The van der Waals surface area contributed by atoms with Gasteiger partial charge < -0.3 is 4.90 Å². The number of hydrogen-bond acceptors (Lipinski definition) is 5. The summed E-state index contributed by atoms with van der Waals surface area (Å²) >= 11 is 0. The molecule has 0 aliphatic heterocycles. The minimum Gasteiger partial charge on any atom is -0.314 e. The van der Waals surface area contributed by atoms with Crippen molar-refractivity contribution in [3.05, 3.63) is 47.3 Å². The molecule has 1 heterocycles. The Morgan fingerprint density at radius 1 is 1.05 bits per heavy atom. The van der Waals surface area contributed by atoms with E-state index >= 15 is 0 Å². The van der Waals surface area contributed by atoms with E-state index in [9.17, 15) is 0 Å². The number of benzene rings is 1. The van der Waals surface area contributed by atoms with Crippen molar-refractivity contribution in [2.75, 3.05) is 11.9 Å². The molecular formula is C14H11N5. The molecule has 0 atom stereocenters. The first-order valence-corrected chi connectivity index (χ1v) is 5.63. The van der Waals surface area contributed by atoms with E-state index in [2.05, 4.69) is 16.0 Å². The van der Waals surface area contributed by atoms with Gasteiger partial charge in [-0.05, 0) is 37.3 Å². The fraction of sp³-hybridized carbons (Fsp3) is 0.143. The standard InChI is InChI=1S/C14H11N5/c1-10-7-12(9-16)18-14(17-10)19(2)13-5-3-11(8-15)4-6-13/h3-7H,1-2H3. The van der Waals surface area contributed by atoms with Crippen LogP contribution in [0, 0.1) is 29.6 Å². The monoisotopic (exact) mass is 249 g/mol. The molecule has 2 rings (SSSR count). The van der Waals surface area contributed by atoms with Gasteiger partial charge in [0.05, 0.1) is 11.6 Å². The third-order valence-electron chi connectivity index (χ3n) is 2.64. The zero-order valence-electron chi connectivity index (χ0n) is 10.6. The Morgan fingerprint density at radius 2 is 1.74 bits per heavy atom. The second kappa shape index (κ2) is 5.16. The average molecular weight is 249 g/mol. The van der Waals surface area contributed by atoms with Gasteiger partial charge in [-0.1, -0.05) is 0 Å². The largest absolute Gasteiger partial charge is 0.314 e. The third kappa shape index (κ3) is 2.67. The van der Waals surface area contributed by atoms with Gasteiger partial charge >= 0.3 is 0 Å². The van der Waals surface area contributed by atoms with Crippen molar-refractivity contribution in [1.82, 2.24) is 9.97 Å². The van der Waals surface area contributed by atoms with Gasteiger partial charge in [0.1, 0.15) is 11.8 Å². The highest BCUT2D eigenvalue weighted by Gasteiger charge is 2.09. The Morgan fingerprint density at radius 3 is 2.32 bits per heavy atom. The highest BCUT2D eigenvalue weighted by atomic mass is 15.2. The second-order valence-corrected chi connectivity index (χ2v) is 4.02. The van der Waals surface area contributed by atoms with E-state index in [-0.39, 0.29) is 0 Å². The molecule has 0 aliphatic carbocycles. The molecule has 2 aromatic rings. The van der Waals surface area contributed by atoms with Gasteiger partial charge in [0.25, 0.3) is 0 Å². The predicted molar refractivity (Wildman–Crippen MR) is 70.7 cm³/mol. The zero-order valence-corrected chi connectivity index (χ0v) is 10.6. The van der Waals surface area contributed by atoms with Crippen LogP contribution in [0.5, 0.6) is 0 Å². The SMILES string of the molecule is Cc1cc(C#N)nc(N(C)c2ccc(C#N)cc2)n1. The van der Waals surface area contributed by atoms with Gasteiger partial charge in [-0.15, -0.1) is 0 Å². The Kier molecular flexibility index (Phi) is 3.40. The minimum absolute atomic E-state index is 0.336. The van der Waals surface area contributed by atoms with Crippen LogP contribution < -0.4 is 4.90 Å². The molecule has 0 spiro atoms. The lowest BCUT2D eigenvalue weighted by molar-refractivity contribution is 1.00. The van der Waals surface area contributed by atoms with Crippen LogP contribution >= 0.6 is 0 Å². The van der Waals surface area contributed by atoms with E-state index in [1.807, 2.05) is 32.2 Å². The first-order chi connectivity index (χ1) is 9.13. The number of hydrogen-bond donors (Lipinski definition) is 0. The number of nitrogens with zero attached hydrogens (tertiary/aromatic N) is 5. The molecule has 5 heteroatoms. The van der Waals surface area contributed by atoms with Crippen LogP contribution in [-0.2, 0) is 0 Å². The molecule has 0 N–H and O–H groups in total. The normalized spacial score (nSPS) is 9.47. The van der Waals surface area contributed by atoms with Crippen LogP contribution in [0.15, 0.2) is 30.3 Å². The molecular weight excluding hydrogens is 238 g/mol. The van der Waals surface area contributed by atoms with Crippen molar-refractivity contribution in [1.29, 1.82) is 10.5 Å². The number of aryl methyl sites for hydroxylation is 1. The van der Waals surface area contributed by atoms with Crippen LogP contribution in [0.4, 0.5) is 11.6 Å². The zero-order chi connectivity index (χ0) is 13.8. The Balaban J connectivity index is 2.38. The van der Waals surface area contributed by atoms with Gasteiger partial charge in [0, 0.05) is 18.4 Å². The molecule has 0 saturated heterocycles. The molecule has 0 radical (unpaired) electrons. The van der Waals surface area contributed by atoms with E-state index < -0.39 is 0 Å². The van der Waals surface area contributed by atoms with Crippen LogP contribution in [0.25, 0.3) is 0 Å². The summed E-state index contributed by atoms with van der Waals surface area (Å²) in [6.45, 7) is 1.82. The minimum atomic E-state index is 0.336. The summed E-state index contributed by atoms with van der Waals surface area (Å²) in [5, 5.41) is 17.7. The smallest absolute Gasteiger partial charge is 0.231 e. The fourth-order valence-electron chi connectivity index (χ4n) is 1.64. The van der Waals surface area contributed by atoms with Crippen molar-refractivity contribution >= 4 is 11.6 Å². The van der Waals surface area contributed by atoms with E-state index in [0.29, 0.717) is 17.2 Å². The van der Waals surface area contributed by atoms with Crippen molar-refractivity contribution < 1.29 is 0 Å². The number of anilines is 2. The topological polar surface area (TPSA) is 76.6 Å². The maximum Gasteiger partial charge on any atom is 0.231 e. The molecule has 0 amide bonds. The number of rotatable bonds is 2. The fourth-order valence-corrected chi connectivity index (χ4v) is 1.64. The predicted octanol–water partition coefficient (Wildman–Crippen LogP) is 2.30. The lowest BCUT2D eigenvalue weighted by Gasteiger charge is -2.17. The Labute approximate surface area is 111 Å². The maximum absolute atomic E-state index is 8.91. The van der Waals surface area contributed by atoms with Gasteiger partial charge in [-0.3, -0.25) is 0 Å². The number of nitriles is 2. The summed E-state index contributed by atoms with van der Waals surface area (Å²) in [6, 6.07) is 12.8. The van der Waals surface area contributed by atoms with E-state index in [4.69, 9.17) is 10.5 Å². The molecule has 0 unspecified atom stereocenters. The molecule has 0 saturated carbocycles. The molecule has 1 aromatic carbocycles. The molecule has 0 bridgehead atoms. The Bertz CT molecular complexity index is 676. The third-order valence-corrected chi connectivity index (χ3v) is 2.64. The first-order valence-electron chi connectivity index (χ1n) is 5.63. The summed E-state index contributed by atoms with van der Waals surface area (Å²) < 4.78 is 0. The van der Waals surface area contributed by atoms with Gasteiger partial charge in [-0.25, -0.2) is 9.97 Å². The quantitative estimate of drug-likeness (QED) is 0.816. The van der Waals surface area contributed by atoms with Crippen molar-refractivity contribution in [3.63, 3.8) is 0 Å². The second-order valence-electron chi connectivity index (χ2n) is 4.02. The van der Waals surface area contributed by atoms with Crippen LogP contribution in [0.3, 0.4) is 0 Å². The lowest BCUT2D eigenvalue weighted by Crippen LogP contribution is -2.14. The van der Waals surface area contributed by atoms with Gasteiger partial charge in [0.15, 0.2) is 0 Å². The van der Waals surface area contributed by atoms with Crippen LogP contribution in [0.2, 0.25) is 0 Å². The summed E-state index contributed by atoms with van der Waals surface area (Å²) in [4.78, 5) is 10.2. The van der Waals surface area contributed by atoms with Crippen molar-refractivity contribution in [2.24, 2.45) is 0 Å². The van der Waals surface area contributed by atoms with Crippen LogP contribution in [0.1, 0.15) is 17.0 Å². The Hall–Kier alpha value is -2.92. The summed E-state index contributed by atoms with van der Waals surface area (Å²) in [5.74, 6) is 0.459. The summed E-state index contributed by atoms with van der Waals surface area (Å²) in [6.07, 6.45) is 0. The first kappa shape index (κ1) is 12.5. The molecule has 1 aromatic heterocycles.